The van der Waals surface area contributed by atoms with Gasteiger partial charge in [-0.3, -0.25) is 9.59 Å². The van der Waals surface area contributed by atoms with Crippen LogP contribution in [0.1, 0.15) is 16.1 Å². The monoisotopic (exact) mass is 262 g/mol. The molecule has 0 unspecified atom stereocenters. The molecule has 0 aliphatic carbocycles. The summed E-state index contributed by atoms with van der Waals surface area (Å²) in [5, 5.41) is 9.01. The molecule has 98 valence electrons. The Bertz CT molecular complexity index is 532. The lowest BCUT2D eigenvalue weighted by atomic mass is 10.1. The number of carbonyl (C=O) groups is 1. The molecular formula is C10H9F3N2O3. The Balaban J connectivity index is 2.26. The van der Waals surface area contributed by atoms with Crippen molar-refractivity contribution in [2.45, 2.75) is 12.3 Å². The molecule has 2 heterocycles. The molecule has 1 aromatic heterocycles. The predicted octanol–water partition coefficient (Wildman–Crippen LogP) is 0.210. The second-order valence-electron chi connectivity index (χ2n) is 3.98. The van der Waals surface area contributed by atoms with E-state index in [-0.39, 0.29) is 18.7 Å². The summed E-state index contributed by atoms with van der Waals surface area (Å²) in [7, 11) is 0. The average molecular weight is 262 g/mol. The van der Waals surface area contributed by atoms with E-state index < -0.39 is 29.4 Å². The van der Waals surface area contributed by atoms with Crippen LogP contribution in [0.25, 0.3) is 0 Å². The third-order valence-corrected chi connectivity index (χ3v) is 2.59. The number of rotatable bonds is 1. The molecule has 0 aromatic carbocycles. The molecule has 0 spiro atoms. The van der Waals surface area contributed by atoms with E-state index in [1.54, 1.807) is 4.98 Å². The van der Waals surface area contributed by atoms with Gasteiger partial charge in [-0.2, -0.15) is 13.2 Å². The van der Waals surface area contributed by atoms with E-state index in [2.05, 4.69) is 0 Å². The maximum absolute atomic E-state index is 12.3. The van der Waals surface area contributed by atoms with E-state index in [9.17, 15) is 22.8 Å². The van der Waals surface area contributed by atoms with Gasteiger partial charge >= 0.3 is 6.18 Å². The lowest BCUT2D eigenvalue weighted by molar-refractivity contribution is -0.141. The predicted molar refractivity (Wildman–Crippen MR) is 54.0 cm³/mol. The van der Waals surface area contributed by atoms with Gasteiger partial charge in [-0.1, -0.05) is 0 Å². The maximum Gasteiger partial charge on any atom is 0.431 e. The van der Waals surface area contributed by atoms with Gasteiger partial charge in [-0.15, -0.1) is 0 Å². The number of nitrogens with one attached hydrogen (secondary N) is 1. The molecule has 0 bridgehead atoms. The fourth-order valence-electron chi connectivity index (χ4n) is 1.60. The second-order valence-corrected chi connectivity index (χ2v) is 3.98. The van der Waals surface area contributed by atoms with Crippen LogP contribution >= 0.6 is 0 Å². The van der Waals surface area contributed by atoms with Crippen LogP contribution in [-0.2, 0) is 6.18 Å². The van der Waals surface area contributed by atoms with Crippen molar-refractivity contribution in [3.8, 4) is 0 Å². The number of carbonyl (C=O) groups excluding carboxylic acids is 1. The number of halogens is 3. The Hall–Kier alpha value is -1.83. The van der Waals surface area contributed by atoms with Crippen LogP contribution in [0.2, 0.25) is 0 Å². The molecule has 1 aromatic rings. The smallest absolute Gasteiger partial charge is 0.389 e. The van der Waals surface area contributed by atoms with Gasteiger partial charge in [0.1, 0.15) is 11.3 Å². The average Bonchev–Trinajstić information content (AvgIpc) is 2.22. The van der Waals surface area contributed by atoms with Crippen LogP contribution in [0.5, 0.6) is 0 Å². The molecular weight excluding hydrogens is 253 g/mol. The molecule has 5 nitrogen and oxygen atoms in total. The molecule has 8 heteroatoms. The van der Waals surface area contributed by atoms with Gasteiger partial charge < -0.3 is 15.0 Å². The van der Waals surface area contributed by atoms with Gasteiger partial charge in [0, 0.05) is 13.1 Å². The number of pyridine rings is 1. The number of amides is 1. The molecule has 0 atom stereocenters. The van der Waals surface area contributed by atoms with Crippen molar-refractivity contribution in [2.75, 3.05) is 13.1 Å². The minimum absolute atomic E-state index is 0.0826. The number of likely N-dealkylation sites (tertiary alicyclic amines) is 1. The molecule has 1 fully saturated rings. The summed E-state index contributed by atoms with van der Waals surface area (Å²) in [6.07, 6.45) is -5.30. The molecule has 0 radical (unpaired) electrons. The first kappa shape index (κ1) is 12.6. The van der Waals surface area contributed by atoms with Gasteiger partial charge in [0.25, 0.3) is 11.5 Å². The quantitative estimate of drug-likeness (QED) is 0.760. The second kappa shape index (κ2) is 4.13. The van der Waals surface area contributed by atoms with E-state index >= 15 is 0 Å². The van der Waals surface area contributed by atoms with Crippen LogP contribution in [0.4, 0.5) is 13.2 Å². The first-order valence-corrected chi connectivity index (χ1v) is 5.07. The lowest BCUT2D eigenvalue weighted by Gasteiger charge is -2.35. The van der Waals surface area contributed by atoms with Crippen LogP contribution in [0.15, 0.2) is 16.9 Å². The van der Waals surface area contributed by atoms with E-state index in [0.717, 1.165) is 6.07 Å². The molecule has 0 saturated carbocycles. The van der Waals surface area contributed by atoms with E-state index in [0.29, 0.717) is 6.07 Å². The summed E-state index contributed by atoms with van der Waals surface area (Å²) in [6, 6.07) is 1.49. The highest BCUT2D eigenvalue weighted by atomic mass is 19.4. The van der Waals surface area contributed by atoms with Crippen LogP contribution < -0.4 is 5.56 Å². The highest BCUT2D eigenvalue weighted by molar-refractivity contribution is 5.94. The molecule has 2 N–H and O–H groups in total. The van der Waals surface area contributed by atoms with Gasteiger partial charge in [0.05, 0.1) is 6.10 Å². The van der Waals surface area contributed by atoms with Gasteiger partial charge in [0.15, 0.2) is 0 Å². The fourth-order valence-corrected chi connectivity index (χ4v) is 1.60. The molecule has 1 aliphatic heterocycles. The zero-order valence-corrected chi connectivity index (χ0v) is 8.99. The topological polar surface area (TPSA) is 73.4 Å². The minimum atomic E-state index is -4.66. The Kier molecular flexibility index (Phi) is 2.89. The number of β-amino-alcohol motifs (C(OH)–C–C–N with tert-alkyl or cyclic N) is 1. The minimum Gasteiger partial charge on any atom is -0.389 e. The zero-order valence-electron chi connectivity index (χ0n) is 8.99. The van der Waals surface area contributed by atoms with Crippen LogP contribution in [0, 0.1) is 0 Å². The standard InChI is InChI=1S/C10H9F3N2O3/c11-10(12,13)7-2-1-6(8(17)14-7)9(18)15-3-5(16)4-15/h1-2,5,16H,3-4H2,(H,14,17). The van der Waals surface area contributed by atoms with Crippen LogP contribution in [-0.4, -0.2) is 40.1 Å². The number of aliphatic hydroxyl groups excluding tert-OH is 1. The maximum atomic E-state index is 12.3. The first-order valence-electron chi connectivity index (χ1n) is 5.07. The van der Waals surface area contributed by atoms with Crippen molar-refractivity contribution in [1.82, 2.24) is 9.88 Å². The highest BCUT2D eigenvalue weighted by Crippen LogP contribution is 2.26. The summed E-state index contributed by atoms with van der Waals surface area (Å²) in [5.74, 6) is -0.685. The number of alkyl halides is 3. The third kappa shape index (κ3) is 2.23. The van der Waals surface area contributed by atoms with Crippen molar-refractivity contribution >= 4 is 5.91 Å². The van der Waals surface area contributed by atoms with Crippen molar-refractivity contribution in [1.29, 1.82) is 0 Å². The van der Waals surface area contributed by atoms with Crippen molar-refractivity contribution in [2.24, 2.45) is 0 Å². The molecule has 1 amide bonds. The largest absolute Gasteiger partial charge is 0.431 e. The highest BCUT2D eigenvalue weighted by Gasteiger charge is 2.34. The number of aliphatic hydroxyl groups is 1. The number of aromatic nitrogens is 1. The van der Waals surface area contributed by atoms with Crippen molar-refractivity contribution < 1.29 is 23.1 Å². The van der Waals surface area contributed by atoms with Gasteiger partial charge in [0.2, 0.25) is 0 Å². The van der Waals surface area contributed by atoms with Gasteiger partial charge in [-0.05, 0) is 12.1 Å². The Morgan fingerprint density at radius 1 is 1.39 bits per heavy atom. The summed E-state index contributed by atoms with van der Waals surface area (Å²) in [6.45, 7) is 0.165. The van der Waals surface area contributed by atoms with E-state index in [1.165, 1.54) is 4.90 Å². The summed E-state index contributed by atoms with van der Waals surface area (Å²) in [4.78, 5) is 25.9. The van der Waals surface area contributed by atoms with E-state index in [1.807, 2.05) is 0 Å². The Labute approximate surface area is 98.8 Å². The SMILES string of the molecule is O=C(c1ccc(C(F)(F)F)[nH]c1=O)N1CC(O)C1. The van der Waals surface area contributed by atoms with Crippen molar-refractivity contribution in [3.63, 3.8) is 0 Å². The molecule has 18 heavy (non-hydrogen) atoms. The molecule has 1 saturated heterocycles. The third-order valence-electron chi connectivity index (χ3n) is 2.59. The summed E-state index contributed by atoms with van der Waals surface area (Å²) >= 11 is 0. The normalized spacial score (nSPS) is 16.6. The Morgan fingerprint density at radius 3 is 2.44 bits per heavy atom. The zero-order chi connectivity index (χ0) is 13.5. The Morgan fingerprint density at radius 2 is 2.00 bits per heavy atom. The summed E-state index contributed by atoms with van der Waals surface area (Å²) < 4.78 is 36.9. The van der Waals surface area contributed by atoms with E-state index in [4.69, 9.17) is 5.11 Å². The lowest BCUT2D eigenvalue weighted by Crippen LogP contribution is -2.54. The first-order chi connectivity index (χ1) is 8.29. The number of hydrogen-bond acceptors (Lipinski definition) is 3. The van der Waals surface area contributed by atoms with Gasteiger partial charge in [-0.25, -0.2) is 0 Å². The number of aromatic amines is 1. The number of H-pyrrole nitrogens is 1. The molecule has 1 aliphatic rings. The van der Waals surface area contributed by atoms with Crippen LogP contribution in [0.3, 0.4) is 0 Å². The number of hydrogen-bond donors (Lipinski definition) is 2. The van der Waals surface area contributed by atoms with Crippen molar-refractivity contribution in [3.05, 3.63) is 33.7 Å². The fraction of sp³-hybridized carbons (Fsp3) is 0.400. The number of nitrogens with zero attached hydrogens (tertiary/aromatic N) is 1. The molecule has 2 rings (SSSR count). The summed E-state index contributed by atoms with van der Waals surface area (Å²) in [5.41, 5.74) is -2.65.